The van der Waals surface area contributed by atoms with Crippen LogP contribution in [0.3, 0.4) is 0 Å². The monoisotopic (exact) mass is 446 g/mol. The molecule has 6 nitrogen and oxygen atoms in total. The summed E-state index contributed by atoms with van der Waals surface area (Å²) in [6.07, 6.45) is 0.286. The molecule has 0 bridgehead atoms. The Morgan fingerprint density at radius 2 is 1.85 bits per heavy atom. The quantitative estimate of drug-likeness (QED) is 0.527. The Kier molecular flexibility index (Phi) is 6.52. The third-order valence-corrected chi connectivity index (χ3v) is 5.18. The van der Waals surface area contributed by atoms with Crippen LogP contribution in [-0.2, 0) is 4.79 Å². The topological polar surface area (TPSA) is 83.0 Å². The summed E-state index contributed by atoms with van der Waals surface area (Å²) in [5.74, 6) is 1.75. The first kappa shape index (κ1) is 19.4. The number of carbonyl (C=O) groups is 1. The lowest BCUT2D eigenvalue weighted by Gasteiger charge is -2.11. The van der Waals surface area contributed by atoms with Crippen molar-refractivity contribution in [2.45, 2.75) is 18.5 Å². The number of hydrogen-bond acceptors (Lipinski definition) is 5. The van der Waals surface area contributed by atoms with Gasteiger partial charge in [0.05, 0.1) is 6.61 Å². The minimum absolute atomic E-state index is 0.286. The number of primary amides is 1. The molecule has 140 valence electrons. The Morgan fingerprint density at radius 1 is 1.15 bits per heavy atom. The van der Waals surface area contributed by atoms with Gasteiger partial charge < -0.3 is 10.5 Å². The summed E-state index contributed by atoms with van der Waals surface area (Å²) in [5, 5.41) is 9.41. The average Bonchev–Trinajstić information content (AvgIpc) is 3.07. The molecule has 1 amide bonds. The molecule has 1 aromatic heterocycles. The number of aromatic nitrogens is 3. The summed E-state index contributed by atoms with van der Waals surface area (Å²) < 4.78 is 8.50. The van der Waals surface area contributed by atoms with Crippen molar-refractivity contribution in [2.24, 2.45) is 5.73 Å². The minimum Gasteiger partial charge on any atom is -0.494 e. The van der Waals surface area contributed by atoms with Gasteiger partial charge in [-0.1, -0.05) is 39.8 Å². The Balaban J connectivity index is 1.99. The van der Waals surface area contributed by atoms with E-state index < -0.39 is 0 Å². The van der Waals surface area contributed by atoms with Gasteiger partial charge in [0.15, 0.2) is 11.0 Å². The second-order valence-electron chi connectivity index (χ2n) is 5.64. The van der Waals surface area contributed by atoms with E-state index in [0.717, 1.165) is 27.3 Å². The number of carbonyl (C=O) groups excluding carboxylic acids is 1. The van der Waals surface area contributed by atoms with Crippen LogP contribution in [0.25, 0.3) is 17.1 Å². The number of benzene rings is 2. The van der Waals surface area contributed by atoms with Crippen molar-refractivity contribution >= 4 is 33.6 Å². The van der Waals surface area contributed by atoms with E-state index in [2.05, 4.69) is 26.1 Å². The number of thioether (sulfide) groups is 1. The number of halogens is 1. The molecule has 0 fully saturated rings. The number of hydrogen-bond donors (Lipinski definition) is 1. The van der Waals surface area contributed by atoms with Crippen molar-refractivity contribution in [3.05, 3.63) is 53.0 Å². The maximum atomic E-state index is 11.0. The van der Waals surface area contributed by atoms with E-state index in [1.807, 2.05) is 60.0 Å². The van der Waals surface area contributed by atoms with Gasteiger partial charge in [0.1, 0.15) is 5.75 Å². The summed E-state index contributed by atoms with van der Waals surface area (Å²) in [6, 6.07) is 15.7. The zero-order valence-electron chi connectivity index (χ0n) is 14.8. The van der Waals surface area contributed by atoms with Crippen LogP contribution in [0.15, 0.2) is 58.2 Å². The highest BCUT2D eigenvalue weighted by atomic mass is 79.9. The van der Waals surface area contributed by atoms with Crippen LogP contribution in [0.1, 0.15) is 13.3 Å². The summed E-state index contributed by atoms with van der Waals surface area (Å²) in [6.45, 7) is 2.57. The number of nitrogens with zero attached hydrogens (tertiary/aromatic N) is 3. The largest absolute Gasteiger partial charge is 0.494 e. The summed E-state index contributed by atoms with van der Waals surface area (Å²) in [5.41, 5.74) is 7.11. The van der Waals surface area contributed by atoms with E-state index in [1.165, 1.54) is 11.8 Å². The first-order valence-electron chi connectivity index (χ1n) is 8.44. The van der Waals surface area contributed by atoms with Crippen molar-refractivity contribution < 1.29 is 9.53 Å². The van der Waals surface area contributed by atoms with E-state index in [-0.39, 0.29) is 12.3 Å². The van der Waals surface area contributed by atoms with Crippen molar-refractivity contribution in [1.29, 1.82) is 0 Å². The fraction of sp³-hybridized carbons (Fsp3) is 0.211. The van der Waals surface area contributed by atoms with Crippen LogP contribution in [0, 0.1) is 0 Å². The van der Waals surface area contributed by atoms with Crippen molar-refractivity contribution in [2.75, 3.05) is 12.4 Å². The fourth-order valence-corrected chi connectivity index (χ4v) is 3.65. The second kappa shape index (κ2) is 9.05. The first-order chi connectivity index (χ1) is 13.1. The molecular formula is C19H19BrN4O2S. The maximum absolute atomic E-state index is 11.0. The number of ether oxygens (including phenoxy) is 1. The van der Waals surface area contributed by atoms with Crippen LogP contribution in [0.2, 0.25) is 0 Å². The Bertz CT molecular complexity index is 910. The van der Waals surface area contributed by atoms with Crippen LogP contribution in [0.5, 0.6) is 5.75 Å². The smallest absolute Gasteiger partial charge is 0.218 e. The van der Waals surface area contributed by atoms with Gasteiger partial charge in [-0.3, -0.25) is 9.36 Å². The third-order valence-electron chi connectivity index (χ3n) is 3.72. The lowest BCUT2D eigenvalue weighted by molar-refractivity contribution is -0.117. The van der Waals surface area contributed by atoms with Gasteiger partial charge in [-0.15, -0.1) is 10.2 Å². The molecular weight excluding hydrogens is 428 g/mol. The van der Waals surface area contributed by atoms with Gasteiger partial charge in [-0.25, -0.2) is 0 Å². The molecule has 3 rings (SSSR count). The SMILES string of the molecule is CCOc1ccc(-n2c(SCCC(N)=O)nnc2-c2ccc(Br)cc2)cc1. The zero-order valence-corrected chi connectivity index (χ0v) is 17.2. The molecule has 2 N–H and O–H groups in total. The van der Waals surface area contributed by atoms with E-state index in [9.17, 15) is 4.79 Å². The van der Waals surface area contributed by atoms with Crippen LogP contribution < -0.4 is 10.5 Å². The molecule has 0 unspecified atom stereocenters. The molecule has 8 heteroatoms. The highest BCUT2D eigenvalue weighted by Crippen LogP contribution is 2.29. The Labute approximate surface area is 170 Å². The van der Waals surface area contributed by atoms with E-state index >= 15 is 0 Å². The van der Waals surface area contributed by atoms with E-state index in [4.69, 9.17) is 10.5 Å². The first-order valence-corrected chi connectivity index (χ1v) is 10.2. The van der Waals surface area contributed by atoms with Gasteiger partial charge >= 0.3 is 0 Å². The molecule has 0 saturated carbocycles. The number of amides is 1. The van der Waals surface area contributed by atoms with E-state index in [1.54, 1.807) is 0 Å². The fourth-order valence-electron chi connectivity index (χ4n) is 2.48. The molecule has 2 aromatic carbocycles. The third kappa shape index (κ3) is 4.90. The molecule has 0 spiro atoms. The van der Waals surface area contributed by atoms with Crippen LogP contribution in [-0.4, -0.2) is 33.0 Å². The molecule has 0 aliphatic carbocycles. The average molecular weight is 447 g/mol. The minimum atomic E-state index is -0.331. The molecule has 27 heavy (non-hydrogen) atoms. The standard InChI is InChI=1S/C19H19BrN4O2S/c1-2-26-16-9-7-15(8-10-16)24-18(13-3-5-14(20)6-4-13)22-23-19(24)27-12-11-17(21)25/h3-10H,2,11-12H2,1H3,(H2,21,25). The Morgan fingerprint density at radius 3 is 2.48 bits per heavy atom. The van der Waals surface area contributed by atoms with Gasteiger partial charge in [-0.05, 0) is 43.3 Å². The summed E-state index contributed by atoms with van der Waals surface area (Å²) in [4.78, 5) is 11.0. The zero-order chi connectivity index (χ0) is 19.2. The van der Waals surface area contributed by atoms with Gasteiger partial charge in [0.25, 0.3) is 0 Å². The summed E-state index contributed by atoms with van der Waals surface area (Å²) in [7, 11) is 0. The van der Waals surface area contributed by atoms with Gasteiger partial charge in [0, 0.05) is 27.9 Å². The molecule has 0 aliphatic rings. The predicted molar refractivity (Wildman–Crippen MR) is 110 cm³/mol. The van der Waals surface area contributed by atoms with E-state index in [0.29, 0.717) is 17.5 Å². The lowest BCUT2D eigenvalue weighted by Crippen LogP contribution is -2.11. The highest BCUT2D eigenvalue weighted by Gasteiger charge is 2.16. The van der Waals surface area contributed by atoms with Gasteiger partial charge in [-0.2, -0.15) is 0 Å². The second-order valence-corrected chi connectivity index (χ2v) is 7.62. The number of nitrogens with two attached hydrogens (primary N) is 1. The molecule has 0 atom stereocenters. The highest BCUT2D eigenvalue weighted by molar-refractivity contribution is 9.10. The predicted octanol–water partition coefficient (Wildman–Crippen LogP) is 4.06. The molecule has 3 aromatic rings. The van der Waals surface area contributed by atoms with Gasteiger partial charge in [0.2, 0.25) is 5.91 Å². The summed E-state index contributed by atoms with van der Waals surface area (Å²) >= 11 is 4.90. The van der Waals surface area contributed by atoms with Crippen molar-refractivity contribution in [3.8, 4) is 22.8 Å². The molecule has 0 aliphatic heterocycles. The van der Waals surface area contributed by atoms with Crippen molar-refractivity contribution in [3.63, 3.8) is 0 Å². The molecule has 1 heterocycles. The maximum Gasteiger partial charge on any atom is 0.218 e. The molecule has 0 saturated heterocycles. The molecule has 0 radical (unpaired) electrons. The number of rotatable bonds is 8. The van der Waals surface area contributed by atoms with Crippen molar-refractivity contribution in [1.82, 2.24) is 14.8 Å². The normalized spacial score (nSPS) is 10.7. The van der Waals surface area contributed by atoms with Crippen LogP contribution >= 0.6 is 27.7 Å². The van der Waals surface area contributed by atoms with Crippen LogP contribution in [0.4, 0.5) is 0 Å². The lowest BCUT2D eigenvalue weighted by atomic mass is 10.2. The Hall–Kier alpha value is -2.32.